The van der Waals surface area contributed by atoms with E-state index in [1.54, 1.807) is 43.2 Å². The van der Waals surface area contributed by atoms with E-state index >= 15 is 0 Å². The van der Waals surface area contributed by atoms with Crippen molar-refractivity contribution in [3.63, 3.8) is 0 Å². The molecule has 184 valence electrons. The molecule has 7 nitrogen and oxygen atoms in total. The van der Waals surface area contributed by atoms with Crippen molar-refractivity contribution in [1.82, 2.24) is 4.57 Å². The maximum atomic E-state index is 13.7. The summed E-state index contributed by atoms with van der Waals surface area (Å²) in [4.78, 5) is 34.9. The fourth-order valence-corrected chi connectivity index (χ4v) is 5.94. The number of carbonyl (C=O) groups excluding carboxylic acids is 1. The molecule has 0 saturated carbocycles. The fraction of sp³-hybridized carbons (Fsp3) is 0.320. The summed E-state index contributed by atoms with van der Waals surface area (Å²) in [6, 6.07) is 9.04. The number of hydrogen-bond acceptors (Lipinski definition) is 8. The molecule has 0 amide bonds. The van der Waals surface area contributed by atoms with Crippen molar-refractivity contribution >= 4 is 57.0 Å². The molecule has 1 aliphatic heterocycles. The molecule has 0 aliphatic carbocycles. The van der Waals surface area contributed by atoms with Crippen LogP contribution in [-0.2, 0) is 9.53 Å². The van der Waals surface area contributed by atoms with E-state index in [9.17, 15) is 9.59 Å². The second kappa shape index (κ2) is 10.2. The predicted octanol–water partition coefficient (Wildman–Crippen LogP) is 4.33. The van der Waals surface area contributed by atoms with Gasteiger partial charge in [0, 0.05) is 31.1 Å². The number of halogens is 1. The van der Waals surface area contributed by atoms with Gasteiger partial charge in [-0.1, -0.05) is 23.5 Å². The average Bonchev–Trinajstić information content (AvgIpc) is 3.31. The molecule has 0 saturated heterocycles. The van der Waals surface area contributed by atoms with Crippen molar-refractivity contribution in [2.45, 2.75) is 37.8 Å². The largest absolute Gasteiger partial charge is 0.459 e. The number of furan rings is 1. The fourth-order valence-electron chi connectivity index (χ4n) is 3.84. The Kier molecular flexibility index (Phi) is 7.44. The number of anilines is 1. The maximum Gasteiger partial charge on any atom is 0.338 e. The quantitative estimate of drug-likeness (QED) is 0.321. The Morgan fingerprint density at radius 2 is 2.00 bits per heavy atom. The van der Waals surface area contributed by atoms with Crippen molar-refractivity contribution < 1.29 is 13.9 Å². The number of esters is 1. The highest BCUT2D eigenvalue weighted by molar-refractivity contribution is 9.10. The van der Waals surface area contributed by atoms with Gasteiger partial charge in [-0.15, -0.1) is 11.8 Å². The summed E-state index contributed by atoms with van der Waals surface area (Å²) in [5, 5.41) is 0. The first-order chi connectivity index (χ1) is 16.6. The second-order valence-electron chi connectivity index (χ2n) is 8.51. The lowest BCUT2D eigenvalue weighted by atomic mass is 9.96. The number of rotatable bonds is 6. The third-order valence-electron chi connectivity index (χ3n) is 5.38. The van der Waals surface area contributed by atoms with Crippen LogP contribution in [0.4, 0.5) is 5.88 Å². The molecule has 0 bridgehead atoms. The van der Waals surface area contributed by atoms with Crippen molar-refractivity contribution in [2.24, 2.45) is 4.99 Å². The van der Waals surface area contributed by atoms with E-state index in [1.807, 2.05) is 55.6 Å². The number of benzene rings is 1. The normalized spacial score (nSPS) is 15.9. The van der Waals surface area contributed by atoms with Crippen LogP contribution >= 0.6 is 39.0 Å². The standard InChI is InChI=1S/C25H26BrN3O4S2/c1-13(2)32-24(31)20-14(3)27-25-29(21(20)15-7-9-17(34-6)10-8-15)22(30)19(35-25)12-16-11-18(26)23(33-16)28(4)5/h7-13,21H,1-6H3/b19-12+/t21-/m0/s1. The summed E-state index contributed by atoms with van der Waals surface area (Å²) in [6.45, 7) is 5.38. The molecule has 0 spiro atoms. The monoisotopic (exact) mass is 575 g/mol. The number of hydrogen-bond donors (Lipinski definition) is 0. The predicted molar refractivity (Wildman–Crippen MR) is 144 cm³/mol. The number of carbonyl (C=O) groups is 1. The van der Waals surface area contributed by atoms with Gasteiger partial charge in [-0.3, -0.25) is 9.36 Å². The van der Waals surface area contributed by atoms with Crippen LogP contribution in [0.5, 0.6) is 0 Å². The molecule has 0 unspecified atom stereocenters. The molecule has 3 aromatic rings. The smallest absolute Gasteiger partial charge is 0.338 e. The first-order valence-electron chi connectivity index (χ1n) is 10.9. The van der Waals surface area contributed by atoms with Crippen molar-refractivity contribution in [3.8, 4) is 0 Å². The highest BCUT2D eigenvalue weighted by Crippen LogP contribution is 2.32. The van der Waals surface area contributed by atoms with E-state index < -0.39 is 12.0 Å². The molecule has 1 aromatic carbocycles. The number of ether oxygens (including phenoxy) is 1. The minimum Gasteiger partial charge on any atom is -0.459 e. The van der Waals surface area contributed by atoms with Crippen LogP contribution < -0.4 is 19.8 Å². The Balaban J connectivity index is 1.91. The third-order valence-corrected chi connectivity index (χ3v) is 7.68. The molecule has 0 fully saturated rings. The number of thiazole rings is 1. The Bertz CT molecular complexity index is 1480. The first kappa shape index (κ1) is 25.5. The summed E-state index contributed by atoms with van der Waals surface area (Å²) in [5.41, 5.74) is 1.48. The van der Waals surface area contributed by atoms with Crippen molar-refractivity contribution in [1.29, 1.82) is 0 Å². The number of thioether (sulfide) groups is 1. The molecule has 0 radical (unpaired) electrons. The molecule has 35 heavy (non-hydrogen) atoms. The van der Waals surface area contributed by atoms with Crippen LogP contribution in [0.15, 0.2) is 65.2 Å². The molecule has 10 heteroatoms. The lowest BCUT2D eigenvalue weighted by Crippen LogP contribution is -2.40. The summed E-state index contributed by atoms with van der Waals surface area (Å²) >= 11 is 6.39. The van der Waals surface area contributed by atoms with Gasteiger partial charge in [0.15, 0.2) is 4.80 Å². The van der Waals surface area contributed by atoms with Gasteiger partial charge in [0.2, 0.25) is 5.88 Å². The zero-order chi connectivity index (χ0) is 25.4. The van der Waals surface area contributed by atoms with E-state index in [4.69, 9.17) is 9.15 Å². The van der Waals surface area contributed by atoms with Crippen LogP contribution in [0.3, 0.4) is 0 Å². The van der Waals surface area contributed by atoms with Gasteiger partial charge in [-0.2, -0.15) is 0 Å². The van der Waals surface area contributed by atoms with Gasteiger partial charge in [0.05, 0.1) is 32.4 Å². The van der Waals surface area contributed by atoms with Crippen molar-refractivity contribution in [2.75, 3.05) is 25.3 Å². The lowest BCUT2D eigenvalue weighted by molar-refractivity contribution is -0.143. The number of aromatic nitrogens is 1. The van der Waals surface area contributed by atoms with Gasteiger partial charge < -0.3 is 14.1 Å². The van der Waals surface area contributed by atoms with Crippen molar-refractivity contribution in [3.05, 3.63) is 77.1 Å². The number of nitrogens with zero attached hydrogens (tertiary/aromatic N) is 3. The second-order valence-corrected chi connectivity index (χ2v) is 11.2. The molecule has 1 aliphatic rings. The summed E-state index contributed by atoms with van der Waals surface area (Å²) < 4.78 is 14.3. The van der Waals surface area contributed by atoms with E-state index in [1.165, 1.54) is 11.3 Å². The van der Waals surface area contributed by atoms with E-state index in [-0.39, 0.29) is 11.7 Å². The first-order valence-corrected chi connectivity index (χ1v) is 13.8. The SMILES string of the molecule is CSc1ccc([C@H]2C(C(=O)OC(C)C)=C(C)N=c3s/c(=C/c4cc(Br)c(N(C)C)o4)c(=O)n32)cc1. The molecule has 0 N–H and O–H groups in total. The molecule has 1 atom stereocenters. The minimum absolute atomic E-state index is 0.242. The molecule has 2 aromatic heterocycles. The minimum atomic E-state index is -0.642. The zero-order valence-electron chi connectivity index (χ0n) is 20.3. The van der Waals surface area contributed by atoms with Gasteiger partial charge in [0.25, 0.3) is 5.56 Å². The van der Waals surface area contributed by atoms with Crippen LogP contribution in [0.2, 0.25) is 0 Å². The summed E-state index contributed by atoms with van der Waals surface area (Å²) in [7, 11) is 3.76. The maximum absolute atomic E-state index is 13.7. The Labute approximate surface area is 219 Å². The average molecular weight is 577 g/mol. The lowest BCUT2D eigenvalue weighted by Gasteiger charge is -2.25. The van der Waals surface area contributed by atoms with E-state index in [0.29, 0.717) is 32.2 Å². The summed E-state index contributed by atoms with van der Waals surface area (Å²) in [6.07, 6.45) is 3.42. The van der Waals surface area contributed by atoms with E-state index in [0.717, 1.165) is 14.9 Å². The van der Waals surface area contributed by atoms with Gasteiger partial charge in [-0.05, 0) is 60.7 Å². The number of fused-ring (bicyclic) bond motifs is 1. The molecular formula is C25H26BrN3O4S2. The van der Waals surface area contributed by atoms with Crippen LogP contribution in [0, 0.1) is 0 Å². The Morgan fingerprint density at radius 3 is 2.57 bits per heavy atom. The summed E-state index contributed by atoms with van der Waals surface area (Å²) in [5.74, 6) is 0.729. The Morgan fingerprint density at radius 1 is 1.31 bits per heavy atom. The molecular weight excluding hydrogens is 550 g/mol. The number of allylic oxidation sites excluding steroid dienone is 1. The molecule has 4 rings (SSSR count). The van der Waals surface area contributed by atoms with Gasteiger partial charge >= 0.3 is 5.97 Å². The zero-order valence-corrected chi connectivity index (χ0v) is 23.5. The highest BCUT2D eigenvalue weighted by Gasteiger charge is 2.33. The third kappa shape index (κ3) is 5.05. The Hall–Kier alpha value is -2.56. The highest BCUT2D eigenvalue weighted by atomic mass is 79.9. The van der Waals surface area contributed by atoms with Crippen LogP contribution in [0.25, 0.3) is 6.08 Å². The topological polar surface area (TPSA) is 77.0 Å². The van der Waals surface area contributed by atoms with Crippen LogP contribution in [-0.4, -0.2) is 37.0 Å². The van der Waals surface area contributed by atoms with Gasteiger partial charge in [0.1, 0.15) is 5.76 Å². The van der Waals surface area contributed by atoms with Crippen LogP contribution in [0.1, 0.15) is 38.1 Å². The van der Waals surface area contributed by atoms with E-state index in [2.05, 4.69) is 20.9 Å². The van der Waals surface area contributed by atoms with Gasteiger partial charge in [-0.25, -0.2) is 9.79 Å². The molecule has 3 heterocycles.